The van der Waals surface area contributed by atoms with Crippen LogP contribution in [0.15, 0.2) is 40.9 Å². The van der Waals surface area contributed by atoms with E-state index < -0.39 is 0 Å². The minimum absolute atomic E-state index is 0.0902. The molecule has 0 aliphatic heterocycles. The molecule has 0 aromatic heterocycles. The van der Waals surface area contributed by atoms with E-state index in [2.05, 4.69) is 53.3 Å². The number of hydrogen-bond donors (Lipinski definition) is 1. The molecule has 0 aliphatic rings. The number of hydrogen-bond acceptors (Lipinski definition) is 1. The molecule has 0 heterocycles. The van der Waals surface area contributed by atoms with Crippen molar-refractivity contribution in [1.29, 1.82) is 0 Å². The lowest BCUT2D eigenvalue weighted by Gasteiger charge is -2.21. The Bertz CT molecular complexity index is 610. The maximum absolute atomic E-state index is 13.3. The van der Waals surface area contributed by atoms with E-state index in [4.69, 9.17) is 0 Å². The van der Waals surface area contributed by atoms with E-state index in [0.29, 0.717) is 0 Å². The highest BCUT2D eigenvalue weighted by Gasteiger charge is 2.16. The second kappa shape index (κ2) is 6.51. The van der Waals surface area contributed by atoms with Gasteiger partial charge < -0.3 is 5.32 Å². The second-order valence-corrected chi connectivity index (χ2v) is 5.85. The molecular weight excluding hydrogens is 317 g/mol. The molecule has 2 aromatic rings. The first-order chi connectivity index (χ1) is 9.52. The van der Waals surface area contributed by atoms with Gasteiger partial charge in [0, 0.05) is 4.47 Å². The van der Waals surface area contributed by atoms with Crippen molar-refractivity contribution in [1.82, 2.24) is 5.32 Å². The van der Waals surface area contributed by atoms with Crippen LogP contribution in [0.25, 0.3) is 0 Å². The van der Waals surface area contributed by atoms with Gasteiger partial charge in [0.15, 0.2) is 0 Å². The Hall–Kier alpha value is -1.19. The Morgan fingerprint density at radius 2 is 1.85 bits per heavy atom. The third-order valence-electron chi connectivity index (χ3n) is 3.47. The Morgan fingerprint density at radius 3 is 2.45 bits per heavy atom. The van der Waals surface area contributed by atoms with E-state index in [-0.39, 0.29) is 11.9 Å². The third kappa shape index (κ3) is 3.28. The SMILES string of the molecule is CCNC(c1ccc(Br)c(C)c1)c1ccc(F)cc1C. The standard InChI is InChI=1S/C17H19BrFN/c1-4-20-17(13-5-8-16(18)12(3)9-13)15-7-6-14(19)10-11(15)2/h5-10,17,20H,4H2,1-3H3. The van der Waals surface area contributed by atoms with E-state index in [0.717, 1.165) is 22.1 Å². The number of rotatable bonds is 4. The van der Waals surface area contributed by atoms with Gasteiger partial charge in [0.25, 0.3) is 0 Å². The van der Waals surface area contributed by atoms with Gasteiger partial charge in [-0.2, -0.15) is 0 Å². The summed E-state index contributed by atoms with van der Waals surface area (Å²) in [4.78, 5) is 0. The van der Waals surface area contributed by atoms with Crippen LogP contribution in [0.4, 0.5) is 4.39 Å². The molecule has 0 saturated heterocycles. The molecule has 1 unspecified atom stereocenters. The zero-order chi connectivity index (χ0) is 14.7. The topological polar surface area (TPSA) is 12.0 Å². The Kier molecular flexibility index (Phi) is 4.95. The molecule has 2 aromatic carbocycles. The predicted octanol–water partition coefficient (Wildman–Crippen LogP) is 4.90. The van der Waals surface area contributed by atoms with E-state index in [9.17, 15) is 4.39 Å². The molecule has 0 spiro atoms. The van der Waals surface area contributed by atoms with Crippen molar-refractivity contribution in [2.24, 2.45) is 0 Å². The van der Waals surface area contributed by atoms with Crippen LogP contribution in [0.3, 0.4) is 0 Å². The van der Waals surface area contributed by atoms with Gasteiger partial charge in [0.2, 0.25) is 0 Å². The summed E-state index contributed by atoms with van der Waals surface area (Å²) in [6.45, 7) is 6.97. The van der Waals surface area contributed by atoms with Crippen molar-refractivity contribution in [2.45, 2.75) is 26.8 Å². The monoisotopic (exact) mass is 335 g/mol. The first kappa shape index (κ1) is 15.2. The zero-order valence-electron chi connectivity index (χ0n) is 12.0. The van der Waals surface area contributed by atoms with Gasteiger partial charge in [-0.15, -0.1) is 0 Å². The van der Waals surface area contributed by atoms with Gasteiger partial charge in [-0.25, -0.2) is 4.39 Å². The maximum Gasteiger partial charge on any atom is 0.123 e. The summed E-state index contributed by atoms with van der Waals surface area (Å²) in [5, 5.41) is 3.48. The van der Waals surface area contributed by atoms with Crippen molar-refractivity contribution in [3.8, 4) is 0 Å². The lowest BCUT2D eigenvalue weighted by molar-refractivity contribution is 0.610. The van der Waals surface area contributed by atoms with E-state index >= 15 is 0 Å². The molecule has 106 valence electrons. The van der Waals surface area contributed by atoms with Crippen LogP contribution >= 0.6 is 15.9 Å². The van der Waals surface area contributed by atoms with Crippen molar-refractivity contribution < 1.29 is 4.39 Å². The molecule has 20 heavy (non-hydrogen) atoms. The normalized spacial score (nSPS) is 12.4. The predicted molar refractivity (Wildman–Crippen MR) is 85.5 cm³/mol. The van der Waals surface area contributed by atoms with Crippen LogP contribution in [-0.4, -0.2) is 6.54 Å². The Balaban J connectivity index is 2.47. The molecule has 1 atom stereocenters. The largest absolute Gasteiger partial charge is 0.307 e. The summed E-state index contributed by atoms with van der Waals surface area (Å²) in [6, 6.07) is 11.4. The molecule has 0 saturated carbocycles. The van der Waals surface area contributed by atoms with Crippen LogP contribution in [-0.2, 0) is 0 Å². The molecule has 0 bridgehead atoms. The average Bonchev–Trinajstić information content (AvgIpc) is 2.40. The lowest BCUT2D eigenvalue weighted by Crippen LogP contribution is -2.23. The molecule has 0 amide bonds. The molecule has 0 radical (unpaired) electrons. The van der Waals surface area contributed by atoms with Crippen molar-refractivity contribution in [3.05, 3.63) is 68.9 Å². The minimum atomic E-state index is -0.187. The molecule has 2 rings (SSSR count). The zero-order valence-corrected chi connectivity index (χ0v) is 13.6. The quantitative estimate of drug-likeness (QED) is 0.837. The fraction of sp³-hybridized carbons (Fsp3) is 0.294. The fourth-order valence-electron chi connectivity index (χ4n) is 2.42. The molecule has 0 fully saturated rings. The highest BCUT2D eigenvalue weighted by Crippen LogP contribution is 2.28. The van der Waals surface area contributed by atoms with Crippen molar-refractivity contribution in [2.75, 3.05) is 6.54 Å². The highest BCUT2D eigenvalue weighted by atomic mass is 79.9. The van der Waals surface area contributed by atoms with Gasteiger partial charge >= 0.3 is 0 Å². The number of benzene rings is 2. The van der Waals surface area contributed by atoms with Crippen LogP contribution in [0.1, 0.15) is 35.2 Å². The maximum atomic E-state index is 13.3. The third-order valence-corrected chi connectivity index (χ3v) is 4.36. The molecule has 0 aliphatic carbocycles. The first-order valence-corrected chi connectivity index (χ1v) is 7.57. The summed E-state index contributed by atoms with van der Waals surface area (Å²) in [5.41, 5.74) is 4.49. The molecule has 3 heteroatoms. The minimum Gasteiger partial charge on any atom is -0.307 e. The fourth-order valence-corrected chi connectivity index (χ4v) is 2.67. The van der Waals surface area contributed by atoms with Crippen molar-refractivity contribution in [3.63, 3.8) is 0 Å². The number of nitrogens with one attached hydrogen (secondary N) is 1. The van der Waals surface area contributed by atoms with Crippen LogP contribution in [0, 0.1) is 19.7 Å². The summed E-state index contributed by atoms with van der Waals surface area (Å²) in [5.74, 6) is -0.187. The summed E-state index contributed by atoms with van der Waals surface area (Å²) >= 11 is 3.53. The van der Waals surface area contributed by atoms with Crippen LogP contribution in [0.2, 0.25) is 0 Å². The number of aryl methyl sites for hydroxylation is 2. The summed E-state index contributed by atoms with van der Waals surface area (Å²) in [6.07, 6.45) is 0. The van der Waals surface area contributed by atoms with E-state index in [1.807, 2.05) is 13.0 Å². The Morgan fingerprint density at radius 1 is 1.10 bits per heavy atom. The molecule has 1 nitrogen and oxygen atoms in total. The van der Waals surface area contributed by atoms with Crippen LogP contribution < -0.4 is 5.32 Å². The average molecular weight is 336 g/mol. The number of halogens is 2. The van der Waals surface area contributed by atoms with Crippen molar-refractivity contribution >= 4 is 15.9 Å². The lowest BCUT2D eigenvalue weighted by atomic mass is 9.94. The molecular formula is C17H19BrFN. The van der Waals surface area contributed by atoms with E-state index in [1.54, 1.807) is 6.07 Å². The second-order valence-electron chi connectivity index (χ2n) is 5.00. The summed E-state index contributed by atoms with van der Waals surface area (Å²) in [7, 11) is 0. The van der Waals surface area contributed by atoms with Gasteiger partial charge in [0.1, 0.15) is 5.82 Å². The van der Waals surface area contributed by atoms with Gasteiger partial charge in [0.05, 0.1) is 6.04 Å². The molecule has 1 N–H and O–H groups in total. The smallest absolute Gasteiger partial charge is 0.123 e. The first-order valence-electron chi connectivity index (χ1n) is 6.78. The highest BCUT2D eigenvalue weighted by molar-refractivity contribution is 9.10. The van der Waals surface area contributed by atoms with Gasteiger partial charge in [-0.05, 0) is 60.8 Å². The van der Waals surface area contributed by atoms with Gasteiger partial charge in [-0.3, -0.25) is 0 Å². The van der Waals surface area contributed by atoms with Gasteiger partial charge in [-0.1, -0.05) is 41.1 Å². The van der Waals surface area contributed by atoms with E-state index in [1.165, 1.54) is 17.2 Å². The Labute approximate surface area is 128 Å². The summed E-state index contributed by atoms with van der Waals surface area (Å²) < 4.78 is 14.4. The van der Waals surface area contributed by atoms with Crippen LogP contribution in [0.5, 0.6) is 0 Å².